The fourth-order valence-corrected chi connectivity index (χ4v) is 3.02. The Balaban J connectivity index is 1.96. The van der Waals surface area contributed by atoms with Crippen LogP contribution in [0.15, 0.2) is 18.2 Å². The number of fused-ring (bicyclic) bond motifs is 1. The Hall–Kier alpha value is -2.24. The molecular formula is C15H18N2O4. The van der Waals surface area contributed by atoms with Crippen LogP contribution in [-0.4, -0.2) is 50.1 Å². The average molecular weight is 290 g/mol. The molecule has 0 radical (unpaired) electrons. The average Bonchev–Trinajstić information content (AvgIpc) is 3.00. The van der Waals surface area contributed by atoms with Gasteiger partial charge < -0.3 is 14.4 Å². The number of amides is 2. The predicted molar refractivity (Wildman–Crippen MR) is 76.6 cm³/mol. The summed E-state index contributed by atoms with van der Waals surface area (Å²) in [4.78, 5) is 28.0. The molecule has 3 rings (SSSR count). The van der Waals surface area contributed by atoms with Crippen molar-refractivity contribution in [3.8, 4) is 11.5 Å². The zero-order valence-electron chi connectivity index (χ0n) is 12.2. The number of hydrogen-bond donors (Lipinski definition) is 0. The molecule has 2 fully saturated rings. The Morgan fingerprint density at radius 1 is 1.19 bits per heavy atom. The number of carbonyl (C=O) groups is 2. The molecule has 0 bridgehead atoms. The van der Waals surface area contributed by atoms with Crippen molar-refractivity contribution in [2.75, 3.05) is 32.2 Å². The van der Waals surface area contributed by atoms with Crippen LogP contribution in [0.25, 0.3) is 0 Å². The second-order valence-electron chi connectivity index (χ2n) is 5.21. The highest BCUT2D eigenvalue weighted by molar-refractivity contribution is 6.07. The first-order valence-electron chi connectivity index (χ1n) is 6.98. The topological polar surface area (TPSA) is 59.1 Å². The lowest BCUT2D eigenvalue weighted by Crippen LogP contribution is -2.57. The van der Waals surface area contributed by atoms with Crippen LogP contribution < -0.4 is 14.4 Å². The van der Waals surface area contributed by atoms with Crippen molar-refractivity contribution in [3.05, 3.63) is 18.2 Å². The summed E-state index contributed by atoms with van der Waals surface area (Å²) >= 11 is 0. The molecule has 2 heterocycles. The summed E-state index contributed by atoms with van der Waals surface area (Å²) in [7, 11) is 3.11. The van der Waals surface area contributed by atoms with Gasteiger partial charge in [0, 0.05) is 12.6 Å². The van der Waals surface area contributed by atoms with Crippen LogP contribution in [0.3, 0.4) is 0 Å². The molecule has 2 aliphatic heterocycles. The van der Waals surface area contributed by atoms with E-state index >= 15 is 0 Å². The van der Waals surface area contributed by atoms with E-state index in [1.807, 2.05) is 0 Å². The van der Waals surface area contributed by atoms with Crippen molar-refractivity contribution in [2.24, 2.45) is 0 Å². The molecule has 0 aliphatic carbocycles. The van der Waals surface area contributed by atoms with Gasteiger partial charge in [0.15, 0.2) is 0 Å². The van der Waals surface area contributed by atoms with E-state index in [0.717, 1.165) is 12.8 Å². The van der Waals surface area contributed by atoms with Gasteiger partial charge >= 0.3 is 0 Å². The maximum Gasteiger partial charge on any atom is 0.250 e. The van der Waals surface area contributed by atoms with Gasteiger partial charge in [-0.25, -0.2) is 0 Å². The number of methoxy groups -OCH3 is 2. The van der Waals surface area contributed by atoms with Crippen molar-refractivity contribution >= 4 is 17.5 Å². The quantitative estimate of drug-likeness (QED) is 0.834. The summed E-state index contributed by atoms with van der Waals surface area (Å²) in [6.07, 6.45) is 1.62. The number of anilines is 1. The van der Waals surface area contributed by atoms with Gasteiger partial charge in [0.05, 0.1) is 19.9 Å². The summed E-state index contributed by atoms with van der Waals surface area (Å²) in [5, 5.41) is 0. The number of rotatable bonds is 3. The third kappa shape index (κ3) is 2.20. The summed E-state index contributed by atoms with van der Waals surface area (Å²) in [5.41, 5.74) is 0.614. The van der Waals surface area contributed by atoms with Gasteiger partial charge in [-0.1, -0.05) is 0 Å². The summed E-state index contributed by atoms with van der Waals surface area (Å²) < 4.78 is 10.5. The lowest BCUT2D eigenvalue weighted by atomic mass is 10.1. The Labute approximate surface area is 123 Å². The van der Waals surface area contributed by atoms with Crippen LogP contribution in [-0.2, 0) is 9.59 Å². The van der Waals surface area contributed by atoms with E-state index in [2.05, 4.69) is 0 Å². The number of piperazine rings is 1. The monoisotopic (exact) mass is 290 g/mol. The van der Waals surface area contributed by atoms with Crippen LogP contribution in [0.1, 0.15) is 12.8 Å². The lowest BCUT2D eigenvalue weighted by molar-refractivity contribution is -0.140. The predicted octanol–water partition coefficient (Wildman–Crippen LogP) is 1.04. The van der Waals surface area contributed by atoms with E-state index in [9.17, 15) is 9.59 Å². The number of hydrogen-bond acceptors (Lipinski definition) is 4. The lowest BCUT2D eigenvalue weighted by Gasteiger charge is -2.36. The van der Waals surface area contributed by atoms with Gasteiger partial charge in [-0.2, -0.15) is 0 Å². The Bertz CT molecular complexity index is 587. The first-order chi connectivity index (χ1) is 10.2. The van der Waals surface area contributed by atoms with E-state index in [1.54, 1.807) is 30.2 Å². The number of benzene rings is 1. The molecule has 2 saturated heterocycles. The van der Waals surface area contributed by atoms with Gasteiger partial charge in [0.1, 0.15) is 24.1 Å². The van der Waals surface area contributed by atoms with E-state index in [-0.39, 0.29) is 24.4 Å². The van der Waals surface area contributed by atoms with E-state index < -0.39 is 0 Å². The second-order valence-corrected chi connectivity index (χ2v) is 5.21. The molecule has 2 aliphatic rings. The molecule has 112 valence electrons. The molecule has 1 aromatic rings. The van der Waals surface area contributed by atoms with Crippen LogP contribution in [0, 0.1) is 0 Å². The molecule has 1 aromatic carbocycles. The molecule has 0 spiro atoms. The number of ether oxygens (including phenoxy) is 2. The number of carbonyl (C=O) groups excluding carboxylic acids is 2. The van der Waals surface area contributed by atoms with Gasteiger partial charge in [-0.05, 0) is 25.0 Å². The van der Waals surface area contributed by atoms with E-state index in [4.69, 9.17) is 9.47 Å². The van der Waals surface area contributed by atoms with Crippen LogP contribution in [0.5, 0.6) is 11.5 Å². The zero-order chi connectivity index (χ0) is 15.0. The van der Waals surface area contributed by atoms with Gasteiger partial charge in [-0.3, -0.25) is 14.5 Å². The Morgan fingerprint density at radius 2 is 2.00 bits per heavy atom. The van der Waals surface area contributed by atoms with Gasteiger partial charge in [-0.15, -0.1) is 0 Å². The first kappa shape index (κ1) is 13.7. The smallest absolute Gasteiger partial charge is 0.250 e. The Kier molecular flexibility index (Phi) is 3.45. The van der Waals surface area contributed by atoms with Crippen LogP contribution in [0.2, 0.25) is 0 Å². The minimum absolute atomic E-state index is 0.00466. The standard InChI is InChI=1S/C15H18N2O4/c1-20-10-5-6-11(13(8-10)21-2)17-9-14(18)16-7-3-4-12(16)15(17)19/h5-6,8,12H,3-4,7,9H2,1-2H3. The molecule has 2 amide bonds. The maximum absolute atomic E-state index is 12.6. The molecule has 6 nitrogen and oxygen atoms in total. The summed E-state index contributed by atoms with van der Waals surface area (Å²) in [6, 6.07) is 4.91. The molecule has 0 aromatic heterocycles. The third-order valence-electron chi connectivity index (χ3n) is 4.10. The van der Waals surface area contributed by atoms with Crippen LogP contribution in [0.4, 0.5) is 5.69 Å². The fourth-order valence-electron chi connectivity index (χ4n) is 3.02. The Morgan fingerprint density at radius 3 is 2.71 bits per heavy atom. The third-order valence-corrected chi connectivity index (χ3v) is 4.10. The summed E-state index contributed by atoms with van der Waals surface area (Å²) in [6.45, 7) is 0.751. The van der Waals surface area contributed by atoms with Gasteiger partial charge in [0.2, 0.25) is 11.8 Å². The molecule has 0 N–H and O–H groups in total. The minimum Gasteiger partial charge on any atom is -0.497 e. The second kappa shape index (κ2) is 5.27. The normalized spacial score (nSPS) is 21.5. The highest BCUT2D eigenvalue weighted by Crippen LogP contribution is 2.35. The zero-order valence-corrected chi connectivity index (χ0v) is 12.2. The number of nitrogens with zero attached hydrogens (tertiary/aromatic N) is 2. The highest BCUT2D eigenvalue weighted by atomic mass is 16.5. The highest BCUT2D eigenvalue weighted by Gasteiger charge is 2.43. The molecular weight excluding hydrogens is 272 g/mol. The molecule has 1 atom stereocenters. The van der Waals surface area contributed by atoms with Crippen LogP contribution >= 0.6 is 0 Å². The molecule has 21 heavy (non-hydrogen) atoms. The molecule has 6 heteroatoms. The minimum atomic E-state index is -0.321. The first-order valence-corrected chi connectivity index (χ1v) is 6.98. The molecule has 1 unspecified atom stereocenters. The van der Waals surface area contributed by atoms with Crippen molar-refractivity contribution in [1.82, 2.24) is 4.90 Å². The molecule has 0 saturated carbocycles. The van der Waals surface area contributed by atoms with Crippen molar-refractivity contribution in [2.45, 2.75) is 18.9 Å². The van der Waals surface area contributed by atoms with Crippen molar-refractivity contribution in [3.63, 3.8) is 0 Å². The largest absolute Gasteiger partial charge is 0.497 e. The van der Waals surface area contributed by atoms with Crippen molar-refractivity contribution < 1.29 is 19.1 Å². The fraction of sp³-hybridized carbons (Fsp3) is 0.467. The van der Waals surface area contributed by atoms with Crippen molar-refractivity contribution in [1.29, 1.82) is 0 Å². The van der Waals surface area contributed by atoms with E-state index in [1.165, 1.54) is 12.0 Å². The SMILES string of the molecule is COc1ccc(N2CC(=O)N3CCCC3C2=O)c(OC)c1. The summed E-state index contributed by atoms with van der Waals surface area (Å²) in [5.74, 6) is 1.14. The van der Waals surface area contributed by atoms with Gasteiger partial charge in [0.25, 0.3) is 0 Å². The maximum atomic E-state index is 12.6. The van der Waals surface area contributed by atoms with E-state index in [0.29, 0.717) is 23.7 Å².